The number of benzene rings is 1. The summed E-state index contributed by atoms with van der Waals surface area (Å²) in [6, 6.07) is 8.47. The molecule has 3 heterocycles. The van der Waals surface area contributed by atoms with Gasteiger partial charge >= 0.3 is 0 Å². The molecule has 0 fully saturated rings. The third kappa shape index (κ3) is 4.01. The summed E-state index contributed by atoms with van der Waals surface area (Å²) in [6.45, 7) is 3.09. The average molecular weight is 418 g/mol. The summed E-state index contributed by atoms with van der Waals surface area (Å²) in [5.74, 6) is 1.02. The van der Waals surface area contributed by atoms with Crippen molar-refractivity contribution in [2.24, 2.45) is 0 Å². The van der Waals surface area contributed by atoms with Crippen molar-refractivity contribution in [3.05, 3.63) is 53.3 Å². The first-order valence-corrected chi connectivity index (χ1v) is 11.1. The Kier molecular flexibility index (Phi) is 5.29. The van der Waals surface area contributed by atoms with E-state index >= 15 is 0 Å². The topological polar surface area (TPSA) is 90.4 Å². The molecule has 1 aromatic carbocycles. The van der Waals surface area contributed by atoms with Gasteiger partial charge in [0.15, 0.2) is 11.5 Å². The molecule has 0 aliphatic carbocycles. The maximum absolute atomic E-state index is 12.6. The first kappa shape index (κ1) is 18.9. The summed E-state index contributed by atoms with van der Waals surface area (Å²) in [5.41, 5.74) is 1.86. The summed E-state index contributed by atoms with van der Waals surface area (Å²) in [7, 11) is -3.63. The number of aromatic nitrogens is 2. The van der Waals surface area contributed by atoms with Crippen molar-refractivity contribution in [1.82, 2.24) is 14.7 Å². The molecule has 0 amide bonds. The number of aryl methyl sites for hydroxylation is 1. The number of hydrogen-bond donors (Lipinski definition) is 1. The van der Waals surface area contributed by atoms with E-state index in [1.165, 1.54) is 12.1 Å². The van der Waals surface area contributed by atoms with Crippen LogP contribution in [0.3, 0.4) is 0 Å². The zero-order valence-electron chi connectivity index (χ0n) is 15.2. The lowest BCUT2D eigenvalue weighted by atomic mass is 10.3. The van der Waals surface area contributed by atoms with Crippen LogP contribution in [0.15, 0.2) is 47.6 Å². The van der Waals surface area contributed by atoms with E-state index < -0.39 is 10.0 Å². The minimum absolute atomic E-state index is 0.161. The van der Waals surface area contributed by atoms with Crippen molar-refractivity contribution in [3.8, 4) is 22.1 Å². The molecule has 3 aromatic rings. The number of nitrogens with one attached hydrogen (secondary N) is 1. The fourth-order valence-electron chi connectivity index (χ4n) is 2.85. The number of hydrogen-bond acceptors (Lipinski definition) is 7. The third-order valence-corrected chi connectivity index (χ3v) is 6.99. The van der Waals surface area contributed by atoms with Gasteiger partial charge in [0.05, 0.1) is 10.6 Å². The van der Waals surface area contributed by atoms with Crippen LogP contribution in [0.1, 0.15) is 10.6 Å². The second-order valence-corrected chi connectivity index (χ2v) is 9.07. The molecule has 0 radical (unpaired) electrons. The lowest BCUT2D eigenvalue weighted by molar-refractivity contribution is 0.171. The van der Waals surface area contributed by atoms with Gasteiger partial charge in [-0.1, -0.05) is 0 Å². The molecule has 146 valence electrons. The zero-order chi connectivity index (χ0) is 19.6. The van der Waals surface area contributed by atoms with Gasteiger partial charge in [-0.25, -0.2) is 18.1 Å². The highest BCUT2D eigenvalue weighted by molar-refractivity contribution is 7.89. The largest absolute Gasteiger partial charge is 0.486 e. The molecule has 0 saturated heterocycles. The van der Waals surface area contributed by atoms with Gasteiger partial charge in [0, 0.05) is 35.4 Å². The van der Waals surface area contributed by atoms with E-state index in [4.69, 9.17) is 9.47 Å². The monoisotopic (exact) mass is 417 g/mol. The number of sulfonamides is 1. The Balaban J connectivity index is 1.43. The Hall–Kier alpha value is -2.49. The lowest BCUT2D eigenvalue weighted by Crippen LogP contribution is -2.26. The van der Waals surface area contributed by atoms with Crippen molar-refractivity contribution in [3.63, 3.8) is 0 Å². The second kappa shape index (κ2) is 7.86. The quantitative estimate of drug-likeness (QED) is 0.663. The summed E-state index contributed by atoms with van der Waals surface area (Å²) in [5, 5.41) is 0.885. The normalized spacial score (nSPS) is 13.5. The summed E-state index contributed by atoms with van der Waals surface area (Å²) in [6.07, 6.45) is 4.05. The van der Waals surface area contributed by atoms with Gasteiger partial charge in [-0.3, -0.25) is 4.98 Å². The van der Waals surface area contributed by atoms with Gasteiger partial charge in [0.1, 0.15) is 18.2 Å². The smallest absolute Gasteiger partial charge is 0.240 e. The number of thiazole rings is 1. The molecule has 2 aromatic heterocycles. The van der Waals surface area contributed by atoms with Crippen LogP contribution in [0.4, 0.5) is 0 Å². The predicted octanol–water partition coefficient (Wildman–Crippen LogP) is 2.81. The number of pyridine rings is 1. The van der Waals surface area contributed by atoms with E-state index in [0.717, 1.165) is 21.1 Å². The predicted molar refractivity (Wildman–Crippen MR) is 106 cm³/mol. The fraction of sp³-hybridized carbons (Fsp3) is 0.263. The molecule has 1 aliphatic rings. The fourth-order valence-corrected chi connectivity index (χ4v) is 4.94. The van der Waals surface area contributed by atoms with E-state index in [9.17, 15) is 8.42 Å². The minimum Gasteiger partial charge on any atom is -0.486 e. The van der Waals surface area contributed by atoms with Crippen LogP contribution in [0.2, 0.25) is 0 Å². The highest BCUT2D eigenvalue weighted by Crippen LogP contribution is 2.32. The maximum atomic E-state index is 12.6. The Morgan fingerprint density at radius 3 is 2.79 bits per heavy atom. The van der Waals surface area contributed by atoms with Crippen molar-refractivity contribution in [2.45, 2.75) is 18.2 Å². The van der Waals surface area contributed by atoms with Gasteiger partial charge in [-0.15, -0.1) is 11.3 Å². The molecule has 0 bridgehead atoms. The van der Waals surface area contributed by atoms with Crippen LogP contribution in [0.5, 0.6) is 11.5 Å². The lowest BCUT2D eigenvalue weighted by Gasteiger charge is -2.18. The molecule has 9 heteroatoms. The van der Waals surface area contributed by atoms with Crippen molar-refractivity contribution in [1.29, 1.82) is 0 Å². The van der Waals surface area contributed by atoms with Crippen LogP contribution < -0.4 is 14.2 Å². The first-order chi connectivity index (χ1) is 13.5. The van der Waals surface area contributed by atoms with Crippen LogP contribution >= 0.6 is 11.3 Å². The van der Waals surface area contributed by atoms with Gasteiger partial charge in [0.2, 0.25) is 10.0 Å². The number of fused-ring (bicyclic) bond motifs is 1. The van der Waals surface area contributed by atoms with E-state index in [1.807, 2.05) is 19.1 Å². The van der Waals surface area contributed by atoms with E-state index in [0.29, 0.717) is 31.1 Å². The maximum Gasteiger partial charge on any atom is 0.240 e. The van der Waals surface area contributed by atoms with E-state index in [2.05, 4.69) is 14.7 Å². The van der Waals surface area contributed by atoms with Crippen molar-refractivity contribution < 1.29 is 17.9 Å². The first-order valence-electron chi connectivity index (χ1n) is 8.79. The summed E-state index contributed by atoms with van der Waals surface area (Å²) < 4.78 is 38.7. The van der Waals surface area contributed by atoms with Gasteiger partial charge < -0.3 is 9.47 Å². The molecule has 4 rings (SSSR count). The van der Waals surface area contributed by atoms with Crippen molar-refractivity contribution in [2.75, 3.05) is 19.8 Å². The molecule has 1 N–H and O–H groups in total. The molecular formula is C19H19N3O4S2. The van der Waals surface area contributed by atoms with E-state index in [1.54, 1.807) is 29.8 Å². The third-order valence-electron chi connectivity index (χ3n) is 4.27. The molecule has 0 atom stereocenters. The molecule has 1 aliphatic heterocycles. The van der Waals surface area contributed by atoms with Gasteiger partial charge in [0.25, 0.3) is 0 Å². The van der Waals surface area contributed by atoms with Crippen LogP contribution in [0.25, 0.3) is 10.6 Å². The molecular weight excluding hydrogens is 398 g/mol. The SMILES string of the molecule is Cc1nc(-c2cccnc2)sc1CCNS(=O)(=O)c1ccc2c(c1)OCCO2. The van der Waals surface area contributed by atoms with Gasteiger partial charge in [-0.2, -0.15) is 0 Å². The van der Waals surface area contributed by atoms with Crippen molar-refractivity contribution >= 4 is 21.4 Å². The number of nitrogens with zero attached hydrogens (tertiary/aromatic N) is 2. The second-order valence-electron chi connectivity index (χ2n) is 6.22. The molecule has 0 unspecified atom stereocenters. The Bertz CT molecular complexity index is 1080. The number of rotatable bonds is 6. The van der Waals surface area contributed by atoms with E-state index in [-0.39, 0.29) is 11.4 Å². The molecule has 0 spiro atoms. The Morgan fingerprint density at radius 1 is 1.18 bits per heavy atom. The zero-order valence-corrected chi connectivity index (χ0v) is 16.8. The van der Waals surface area contributed by atoms with Crippen LogP contribution in [0, 0.1) is 6.92 Å². The van der Waals surface area contributed by atoms with Gasteiger partial charge in [-0.05, 0) is 37.6 Å². The van der Waals surface area contributed by atoms with Crippen LogP contribution in [-0.2, 0) is 16.4 Å². The number of ether oxygens (including phenoxy) is 2. The standard InChI is InChI=1S/C19H19N3O4S2/c1-13-18(27-19(22-13)14-3-2-7-20-12-14)6-8-21-28(23,24)15-4-5-16-17(11-15)26-10-9-25-16/h2-5,7,11-12,21H,6,8-10H2,1H3. The minimum atomic E-state index is -3.63. The molecule has 28 heavy (non-hydrogen) atoms. The highest BCUT2D eigenvalue weighted by Gasteiger charge is 2.19. The Labute approximate surface area is 167 Å². The summed E-state index contributed by atoms with van der Waals surface area (Å²) in [4.78, 5) is 9.89. The highest BCUT2D eigenvalue weighted by atomic mass is 32.2. The molecule has 0 saturated carbocycles. The average Bonchev–Trinajstić information content (AvgIpc) is 3.09. The van der Waals surface area contributed by atoms with Crippen LogP contribution in [-0.4, -0.2) is 38.1 Å². The Morgan fingerprint density at radius 2 is 2.00 bits per heavy atom. The molecule has 7 nitrogen and oxygen atoms in total. The summed E-state index contributed by atoms with van der Waals surface area (Å²) >= 11 is 1.56.